The van der Waals surface area contributed by atoms with Crippen molar-refractivity contribution in [3.05, 3.63) is 71.3 Å². The lowest BCUT2D eigenvalue weighted by molar-refractivity contribution is -0.122. The van der Waals surface area contributed by atoms with Crippen LogP contribution in [0.1, 0.15) is 31.1 Å². The van der Waals surface area contributed by atoms with Crippen molar-refractivity contribution in [2.24, 2.45) is 0 Å². The van der Waals surface area contributed by atoms with Gasteiger partial charge in [-0.05, 0) is 57.2 Å². The van der Waals surface area contributed by atoms with Gasteiger partial charge in [0.15, 0.2) is 0 Å². The molecule has 1 aromatic carbocycles. The molecule has 3 aromatic rings. The Bertz CT molecular complexity index is 1300. The molecule has 2 amide bonds. The van der Waals surface area contributed by atoms with Gasteiger partial charge in [0.1, 0.15) is 23.1 Å². The molecule has 4 rings (SSSR count). The lowest BCUT2D eigenvalue weighted by Crippen LogP contribution is -2.63. The van der Waals surface area contributed by atoms with E-state index in [9.17, 15) is 14.0 Å². The molecule has 0 aliphatic carbocycles. The maximum Gasteiger partial charge on any atom is 0.257 e. The SMILES string of the molecule is COc1cc(Cl)c(C(=O)N2CCN([C@@H](C)C(=O)Nc3ccc(Oc4ccc(F)cc4)cn3)CC2(C)C)cn1. The molecule has 1 N–H and O–H groups in total. The molecular formula is C27H29ClFN5O4. The summed E-state index contributed by atoms with van der Waals surface area (Å²) >= 11 is 6.31. The Morgan fingerprint density at radius 3 is 2.39 bits per heavy atom. The average Bonchev–Trinajstić information content (AvgIpc) is 2.89. The van der Waals surface area contributed by atoms with Crippen molar-refractivity contribution in [1.82, 2.24) is 19.8 Å². The number of carbonyl (C=O) groups excluding carboxylic acids is 2. The van der Waals surface area contributed by atoms with E-state index < -0.39 is 11.6 Å². The highest BCUT2D eigenvalue weighted by Gasteiger charge is 2.40. The Hall–Kier alpha value is -3.76. The first-order chi connectivity index (χ1) is 18.1. The summed E-state index contributed by atoms with van der Waals surface area (Å²) in [4.78, 5) is 38.4. The minimum Gasteiger partial charge on any atom is -0.481 e. The molecule has 0 radical (unpaired) electrons. The fraction of sp³-hybridized carbons (Fsp3) is 0.333. The molecule has 2 aromatic heterocycles. The van der Waals surface area contributed by atoms with Crippen LogP contribution < -0.4 is 14.8 Å². The van der Waals surface area contributed by atoms with Crippen LogP contribution in [0.15, 0.2) is 54.9 Å². The predicted molar refractivity (Wildman–Crippen MR) is 141 cm³/mol. The Balaban J connectivity index is 1.35. The van der Waals surface area contributed by atoms with E-state index in [0.717, 1.165) is 0 Å². The lowest BCUT2D eigenvalue weighted by Gasteiger charge is -2.48. The van der Waals surface area contributed by atoms with E-state index in [1.807, 2.05) is 25.7 Å². The molecule has 1 saturated heterocycles. The van der Waals surface area contributed by atoms with Gasteiger partial charge in [0, 0.05) is 31.9 Å². The minimum atomic E-state index is -0.565. The number of ether oxygens (including phenoxy) is 2. The monoisotopic (exact) mass is 541 g/mol. The lowest BCUT2D eigenvalue weighted by atomic mass is 9.96. The summed E-state index contributed by atoms with van der Waals surface area (Å²) in [6.45, 7) is 7.12. The summed E-state index contributed by atoms with van der Waals surface area (Å²) in [5.74, 6) is 0.851. The number of hydrogen-bond acceptors (Lipinski definition) is 7. The van der Waals surface area contributed by atoms with E-state index in [0.29, 0.717) is 48.4 Å². The Labute approximate surface area is 225 Å². The molecule has 200 valence electrons. The van der Waals surface area contributed by atoms with Gasteiger partial charge in [-0.15, -0.1) is 0 Å². The normalized spacial score (nSPS) is 16.0. The number of carbonyl (C=O) groups is 2. The van der Waals surface area contributed by atoms with E-state index in [1.54, 1.807) is 17.0 Å². The second kappa shape index (κ2) is 11.3. The van der Waals surface area contributed by atoms with Gasteiger partial charge in [0.25, 0.3) is 5.91 Å². The van der Waals surface area contributed by atoms with Crippen LogP contribution in [-0.2, 0) is 4.79 Å². The van der Waals surface area contributed by atoms with Crippen LogP contribution in [0.5, 0.6) is 17.4 Å². The second-order valence-corrected chi connectivity index (χ2v) is 9.95. The Kier molecular flexibility index (Phi) is 8.13. The summed E-state index contributed by atoms with van der Waals surface area (Å²) in [6.07, 6.45) is 2.90. The van der Waals surface area contributed by atoms with Crippen LogP contribution in [0.3, 0.4) is 0 Å². The van der Waals surface area contributed by atoms with Crippen molar-refractivity contribution in [2.75, 3.05) is 32.1 Å². The molecule has 0 spiro atoms. The number of nitrogens with one attached hydrogen (secondary N) is 1. The van der Waals surface area contributed by atoms with Crippen LogP contribution in [-0.4, -0.2) is 69.9 Å². The molecule has 3 heterocycles. The number of amides is 2. The largest absolute Gasteiger partial charge is 0.481 e. The number of methoxy groups -OCH3 is 1. The van der Waals surface area contributed by atoms with Gasteiger partial charge < -0.3 is 19.7 Å². The summed E-state index contributed by atoms with van der Waals surface area (Å²) in [7, 11) is 1.48. The summed E-state index contributed by atoms with van der Waals surface area (Å²) in [5, 5.41) is 3.10. The zero-order valence-electron chi connectivity index (χ0n) is 21.6. The highest BCUT2D eigenvalue weighted by molar-refractivity contribution is 6.33. The highest BCUT2D eigenvalue weighted by Crippen LogP contribution is 2.28. The van der Waals surface area contributed by atoms with Crippen molar-refractivity contribution >= 4 is 29.2 Å². The molecule has 0 saturated carbocycles. The van der Waals surface area contributed by atoms with Crippen LogP contribution in [0.4, 0.5) is 10.2 Å². The molecule has 0 unspecified atom stereocenters. The van der Waals surface area contributed by atoms with Gasteiger partial charge in [0.2, 0.25) is 11.8 Å². The first kappa shape index (κ1) is 27.3. The standard InChI is InChI=1S/C27H29ClFN5O4/c1-17(25(35)32-23-10-9-20(14-30-23)38-19-7-5-18(29)6-8-19)33-11-12-34(27(2,3)16-33)26(36)21-15-31-24(37-4)13-22(21)28/h5-10,13-15,17H,11-12,16H2,1-4H3,(H,30,32,35)/t17-/m0/s1. The molecule has 1 fully saturated rings. The zero-order valence-corrected chi connectivity index (χ0v) is 22.3. The Morgan fingerprint density at radius 2 is 1.79 bits per heavy atom. The van der Waals surface area contributed by atoms with Crippen molar-refractivity contribution in [3.8, 4) is 17.4 Å². The second-order valence-electron chi connectivity index (χ2n) is 9.55. The molecule has 11 heteroatoms. The quantitative estimate of drug-likeness (QED) is 0.465. The number of halogens is 2. The molecular weight excluding hydrogens is 513 g/mol. The maximum absolute atomic E-state index is 13.3. The first-order valence-electron chi connectivity index (χ1n) is 12.0. The number of anilines is 1. The van der Waals surface area contributed by atoms with Crippen LogP contribution in [0.25, 0.3) is 0 Å². The number of pyridine rings is 2. The molecule has 0 bridgehead atoms. The number of rotatable bonds is 7. The number of benzene rings is 1. The molecule has 1 aliphatic rings. The maximum atomic E-state index is 13.3. The van der Waals surface area contributed by atoms with Gasteiger partial charge in [-0.25, -0.2) is 14.4 Å². The number of hydrogen-bond donors (Lipinski definition) is 1. The van der Waals surface area contributed by atoms with Gasteiger partial charge in [-0.3, -0.25) is 14.5 Å². The molecule has 1 aliphatic heterocycles. The number of nitrogens with zero attached hydrogens (tertiary/aromatic N) is 4. The van der Waals surface area contributed by atoms with E-state index in [4.69, 9.17) is 21.1 Å². The van der Waals surface area contributed by atoms with Gasteiger partial charge >= 0.3 is 0 Å². The van der Waals surface area contributed by atoms with Crippen LogP contribution in [0.2, 0.25) is 5.02 Å². The predicted octanol–water partition coefficient (Wildman–Crippen LogP) is 4.63. The number of piperazine rings is 1. The van der Waals surface area contributed by atoms with E-state index >= 15 is 0 Å². The first-order valence-corrected chi connectivity index (χ1v) is 12.4. The number of aromatic nitrogens is 2. The van der Waals surface area contributed by atoms with E-state index in [1.165, 1.54) is 49.8 Å². The van der Waals surface area contributed by atoms with Crippen LogP contribution >= 0.6 is 11.6 Å². The third-order valence-corrected chi connectivity index (χ3v) is 6.72. The van der Waals surface area contributed by atoms with E-state index in [2.05, 4.69) is 15.3 Å². The fourth-order valence-electron chi connectivity index (χ4n) is 4.28. The molecule has 1 atom stereocenters. The van der Waals surface area contributed by atoms with Crippen molar-refractivity contribution < 1.29 is 23.5 Å². The van der Waals surface area contributed by atoms with Gasteiger partial charge in [0.05, 0.1) is 35.5 Å². The summed E-state index contributed by atoms with van der Waals surface area (Å²) in [5.41, 5.74) is -0.261. The third-order valence-electron chi connectivity index (χ3n) is 6.41. The van der Waals surface area contributed by atoms with Crippen molar-refractivity contribution in [3.63, 3.8) is 0 Å². The third kappa shape index (κ3) is 6.20. The van der Waals surface area contributed by atoms with Crippen molar-refractivity contribution in [2.45, 2.75) is 32.4 Å². The van der Waals surface area contributed by atoms with Crippen molar-refractivity contribution in [1.29, 1.82) is 0 Å². The van der Waals surface area contributed by atoms with Gasteiger partial charge in [-0.2, -0.15) is 0 Å². The summed E-state index contributed by atoms with van der Waals surface area (Å²) in [6, 6.07) is 10.0. The fourth-order valence-corrected chi connectivity index (χ4v) is 4.50. The summed E-state index contributed by atoms with van der Waals surface area (Å²) < 4.78 is 23.8. The molecule has 9 nitrogen and oxygen atoms in total. The Morgan fingerprint density at radius 1 is 1.08 bits per heavy atom. The molecule has 38 heavy (non-hydrogen) atoms. The average molecular weight is 542 g/mol. The highest BCUT2D eigenvalue weighted by atomic mass is 35.5. The van der Waals surface area contributed by atoms with Crippen LogP contribution in [0, 0.1) is 5.82 Å². The van der Waals surface area contributed by atoms with E-state index in [-0.39, 0.29) is 22.7 Å². The zero-order chi connectivity index (χ0) is 27.4. The topological polar surface area (TPSA) is 96.9 Å². The smallest absolute Gasteiger partial charge is 0.257 e. The minimum absolute atomic E-state index is 0.220. The van der Waals surface area contributed by atoms with Gasteiger partial charge in [-0.1, -0.05) is 11.6 Å².